The van der Waals surface area contributed by atoms with Crippen molar-refractivity contribution in [1.29, 1.82) is 0 Å². The molecule has 1 atom stereocenters. The van der Waals surface area contributed by atoms with Crippen LogP contribution in [0.3, 0.4) is 0 Å². The van der Waals surface area contributed by atoms with Crippen molar-refractivity contribution >= 4 is 0 Å². The Morgan fingerprint density at radius 1 is 1.70 bits per heavy atom. The largest absolute Gasteiger partial charge is 0.619 e. The molecular weight excluding hydrogens is 130 g/mol. The van der Waals surface area contributed by atoms with Crippen LogP contribution in [0.15, 0.2) is 24.5 Å². The predicted octanol–water partition coefficient (Wildman–Crippen LogP) is 0.391. The van der Waals surface area contributed by atoms with E-state index in [1.165, 1.54) is 12.4 Å². The third kappa shape index (κ3) is 0.953. The van der Waals surface area contributed by atoms with Crippen LogP contribution >= 0.6 is 0 Å². The van der Waals surface area contributed by atoms with Crippen LogP contribution in [0.1, 0.15) is 11.7 Å². The maximum Gasteiger partial charge on any atom is 0.186 e. The smallest absolute Gasteiger partial charge is 0.186 e. The summed E-state index contributed by atoms with van der Waals surface area (Å²) in [6.07, 6.45) is 3.19. The van der Waals surface area contributed by atoms with Gasteiger partial charge in [-0.05, 0) is 6.07 Å². The van der Waals surface area contributed by atoms with Crippen molar-refractivity contribution < 1.29 is 9.47 Å². The molecule has 3 heteroatoms. The van der Waals surface area contributed by atoms with E-state index in [1.54, 1.807) is 6.07 Å². The molecule has 10 heavy (non-hydrogen) atoms. The quantitative estimate of drug-likeness (QED) is 0.319. The SMILES string of the molecule is [O-][n+]1cccc([C@H]2CO2)c1. The average molecular weight is 137 g/mol. The van der Waals surface area contributed by atoms with E-state index in [0.29, 0.717) is 0 Å². The first kappa shape index (κ1) is 5.68. The second-order valence-corrected chi connectivity index (χ2v) is 2.32. The minimum absolute atomic E-state index is 0.182. The van der Waals surface area contributed by atoms with Crippen LogP contribution in [0.2, 0.25) is 0 Å². The van der Waals surface area contributed by atoms with Crippen LogP contribution in [0.5, 0.6) is 0 Å². The second kappa shape index (κ2) is 1.95. The topological polar surface area (TPSA) is 39.5 Å². The van der Waals surface area contributed by atoms with Crippen molar-refractivity contribution in [2.45, 2.75) is 6.10 Å². The number of rotatable bonds is 1. The number of aromatic nitrogens is 1. The zero-order valence-corrected chi connectivity index (χ0v) is 5.36. The summed E-state index contributed by atoms with van der Waals surface area (Å²) in [5.41, 5.74) is 0.970. The van der Waals surface area contributed by atoms with Crippen LogP contribution in [0, 0.1) is 5.21 Å². The normalized spacial score (nSPS) is 22.6. The van der Waals surface area contributed by atoms with Gasteiger partial charge in [-0.25, -0.2) is 0 Å². The molecule has 0 aliphatic carbocycles. The molecule has 1 saturated heterocycles. The molecule has 3 nitrogen and oxygen atoms in total. The van der Waals surface area contributed by atoms with Gasteiger partial charge in [0.25, 0.3) is 0 Å². The Hall–Kier alpha value is -1.09. The van der Waals surface area contributed by atoms with Gasteiger partial charge in [0.15, 0.2) is 12.4 Å². The molecule has 1 fully saturated rings. The summed E-state index contributed by atoms with van der Waals surface area (Å²) in [6.45, 7) is 0.754. The molecule has 0 aromatic carbocycles. The van der Waals surface area contributed by atoms with Crippen molar-refractivity contribution in [2.24, 2.45) is 0 Å². The van der Waals surface area contributed by atoms with Crippen LogP contribution in [0.4, 0.5) is 0 Å². The van der Waals surface area contributed by atoms with Gasteiger partial charge in [-0.15, -0.1) is 0 Å². The lowest BCUT2D eigenvalue weighted by molar-refractivity contribution is -0.605. The molecule has 0 saturated carbocycles. The molecule has 0 unspecified atom stereocenters. The van der Waals surface area contributed by atoms with E-state index < -0.39 is 0 Å². The van der Waals surface area contributed by atoms with Gasteiger partial charge in [-0.1, -0.05) is 0 Å². The standard InChI is InChI=1S/C7H7NO2/c9-8-3-1-2-6(4-8)7-5-10-7/h1-4,7H,5H2/t7-/m1/s1. The average Bonchev–Trinajstić information content (AvgIpc) is 2.68. The van der Waals surface area contributed by atoms with Crippen LogP contribution in [-0.2, 0) is 4.74 Å². The van der Waals surface area contributed by atoms with Gasteiger partial charge in [0.2, 0.25) is 0 Å². The Morgan fingerprint density at radius 2 is 2.50 bits per heavy atom. The van der Waals surface area contributed by atoms with Gasteiger partial charge in [0.05, 0.1) is 6.61 Å². The molecule has 2 rings (SSSR count). The number of hydrogen-bond donors (Lipinski definition) is 0. The molecule has 1 aromatic rings. The first-order valence-corrected chi connectivity index (χ1v) is 3.16. The maximum absolute atomic E-state index is 10.7. The molecule has 52 valence electrons. The third-order valence-corrected chi connectivity index (χ3v) is 1.50. The number of pyridine rings is 1. The van der Waals surface area contributed by atoms with Gasteiger partial charge < -0.3 is 9.94 Å². The van der Waals surface area contributed by atoms with Crippen molar-refractivity contribution in [3.63, 3.8) is 0 Å². The summed E-state index contributed by atoms with van der Waals surface area (Å²) in [7, 11) is 0. The Labute approximate surface area is 58.4 Å². The zero-order chi connectivity index (χ0) is 6.97. The lowest BCUT2D eigenvalue weighted by atomic mass is 10.2. The summed E-state index contributed by atoms with van der Waals surface area (Å²) < 4.78 is 5.79. The van der Waals surface area contributed by atoms with Crippen LogP contribution in [-0.4, -0.2) is 6.61 Å². The number of ether oxygens (including phenoxy) is 1. The summed E-state index contributed by atoms with van der Waals surface area (Å²) in [5.74, 6) is 0. The molecule has 0 amide bonds. The fraction of sp³-hybridized carbons (Fsp3) is 0.286. The Morgan fingerprint density at radius 3 is 3.10 bits per heavy atom. The summed E-state index contributed by atoms with van der Waals surface area (Å²) in [5, 5.41) is 10.7. The number of epoxide rings is 1. The number of nitrogens with zero attached hydrogens (tertiary/aromatic N) is 1. The fourth-order valence-corrected chi connectivity index (χ4v) is 0.903. The van der Waals surface area contributed by atoms with E-state index in [0.717, 1.165) is 16.9 Å². The summed E-state index contributed by atoms with van der Waals surface area (Å²) in [4.78, 5) is 0. The Bertz CT molecular complexity index is 245. The lowest BCUT2D eigenvalue weighted by Gasteiger charge is -1.95. The fourth-order valence-electron chi connectivity index (χ4n) is 0.903. The van der Waals surface area contributed by atoms with E-state index >= 15 is 0 Å². The first-order chi connectivity index (χ1) is 4.86. The molecule has 0 bridgehead atoms. The number of hydrogen-bond acceptors (Lipinski definition) is 2. The minimum Gasteiger partial charge on any atom is -0.619 e. The first-order valence-electron chi connectivity index (χ1n) is 3.16. The second-order valence-electron chi connectivity index (χ2n) is 2.32. The maximum atomic E-state index is 10.7. The predicted molar refractivity (Wildman–Crippen MR) is 34.1 cm³/mol. The van der Waals surface area contributed by atoms with E-state index in [9.17, 15) is 5.21 Å². The lowest BCUT2D eigenvalue weighted by Crippen LogP contribution is -2.24. The molecule has 2 heterocycles. The molecule has 1 aromatic heterocycles. The molecule has 1 aliphatic rings. The van der Waals surface area contributed by atoms with Gasteiger partial charge in [-0.3, -0.25) is 0 Å². The highest BCUT2D eigenvalue weighted by Gasteiger charge is 2.26. The highest BCUT2D eigenvalue weighted by Crippen LogP contribution is 2.27. The van der Waals surface area contributed by atoms with E-state index in [-0.39, 0.29) is 6.10 Å². The molecular formula is C7H7NO2. The molecule has 0 spiro atoms. The van der Waals surface area contributed by atoms with Crippen molar-refractivity contribution in [2.75, 3.05) is 6.61 Å². The van der Waals surface area contributed by atoms with Gasteiger partial charge >= 0.3 is 0 Å². The van der Waals surface area contributed by atoms with E-state index in [4.69, 9.17) is 4.74 Å². The molecule has 0 radical (unpaired) electrons. The van der Waals surface area contributed by atoms with E-state index in [2.05, 4.69) is 0 Å². The molecule has 1 aliphatic heterocycles. The van der Waals surface area contributed by atoms with Crippen molar-refractivity contribution in [1.82, 2.24) is 0 Å². The van der Waals surface area contributed by atoms with E-state index in [1.807, 2.05) is 6.07 Å². The summed E-state index contributed by atoms with van der Waals surface area (Å²) >= 11 is 0. The Balaban J connectivity index is 2.32. The summed E-state index contributed by atoms with van der Waals surface area (Å²) in [6, 6.07) is 3.62. The molecule has 0 N–H and O–H groups in total. The van der Waals surface area contributed by atoms with Gasteiger partial charge in [-0.2, -0.15) is 4.73 Å². The van der Waals surface area contributed by atoms with Crippen molar-refractivity contribution in [3.8, 4) is 0 Å². The third-order valence-electron chi connectivity index (χ3n) is 1.50. The van der Waals surface area contributed by atoms with Gasteiger partial charge in [0.1, 0.15) is 6.10 Å². The monoisotopic (exact) mass is 137 g/mol. The Kier molecular flexibility index (Phi) is 1.11. The van der Waals surface area contributed by atoms with Gasteiger partial charge in [0, 0.05) is 11.6 Å². The van der Waals surface area contributed by atoms with Crippen molar-refractivity contribution in [3.05, 3.63) is 35.3 Å². The van der Waals surface area contributed by atoms with Crippen LogP contribution < -0.4 is 4.73 Å². The van der Waals surface area contributed by atoms with Crippen LogP contribution in [0.25, 0.3) is 0 Å². The zero-order valence-electron chi connectivity index (χ0n) is 5.36. The minimum atomic E-state index is 0.182. The highest BCUT2D eigenvalue weighted by atomic mass is 16.6. The highest BCUT2D eigenvalue weighted by molar-refractivity contribution is 5.12.